The Morgan fingerprint density at radius 1 is 1.07 bits per heavy atom. The average Bonchev–Trinajstić information content (AvgIpc) is 3.11. The molecule has 3 aromatic rings. The smallest absolute Gasteiger partial charge is 0.231 e. The first-order valence-corrected chi connectivity index (χ1v) is 10.7. The number of thiazole rings is 1. The summed E-state index contributed by atoms with van der Waals surface area (Å²) in [5.41, 5.74) is 1.45. The lowest BCUT2D eigenvalue weighted by molar-refractivity contribution is -0.127. The number of nitrogens with zero attached hydrogens (tertiary/aromatic N) is 1. The van der Waals surface area contributed by atoms with Gasteiger partial charge in [-0.25, -0.2) is 4.98 Å². The molecule has 0 radical (unpaired) electrons. The van der Waals surface area contributed by atoms with Crippen LogP contribution in [-0.2, 0) is 16.6 Å². The zero-order valence-corrected chi connectivity index (χ0v) is 16.6. The highest BCUT2D eigenvalue weighted by molar-refractivity contribution is 7.18. The number of amides is 1. The molecule has 2 aromatic carbocycles. The minimum Gasteiger partial charge on any atom is -0.353 e. The molecule has 1 unspecified atom stereocenters. The van der Waals surface area contributed by atoms with Crippen LogP contribution in [0.2, 0.25) is 0 Å². The van der Waals surface area contributed by atoms with Crippen molar-refractivity contribution >= 4 is 27.5 Å². The van der Waals surface area contributed by atoms with E-state index >= 15 is 0 Å². The van der Waals surface area contributed by atoms with Crippen LogP contribution >= 0.6 is 11.3 Å². The third kappa shape index (κ3) is 3.91. The molecular formula is C23H26N2OS. The maximum atomic E-state index is 13.4. The highest BCUT2D eigenvalue weighted by Crippen LogP contribution is 2.33. The van der Waals surface area contributed by atoms with E-state index in [4.69, 9.17) is 4.98 Å². The van der Waals surface area contributed by atoms with E-state index in [0.29, 0.717) is 12.5 Å². The second kappa shape index (κ2) is 7.81. The number of aromatic nitrogens is 1. The van der Waals surface area contributed by atoms with Gasteiger partial charge in [-0.1, -0.05) is 61.7 Å². The third-order valence-corrected chi connectivity index (χ3v) is 6.73. The van der Waals surface area contributed by atoms with Crippen molar-refractivity contribution in [3.05, 3.63) is 65.2 Å². The first-order valence-electron chi connectivity index (χ1n) is 9.86. The van der Waals surface area contributed by atoms with E-state index in [1.807, 2.05) is 36.4 Å². The topological polar surface area (TPSA) is 42.0 Å². The molecule has 1 heterocycles. The molecule has 1 amide bonds. The molecule has 1 N–H and O–H groups in total. The van der Waals surface area contributed by atoms with Crippen molar-refractivity contribution in [3.8, 4) is 0 Å². The summed E-state index contributed by atoms with van der Waals surface area (Å²) in [6.07, 6.45) is 6.52. The largest absolute Gasteiger partial charge is 0.353 e. The molecule has 1 atom stereocenters. The summed E-state index contributed by atoms with van der Waals surface area (Å²) in [5, 5.41) is 4.37. The Kier molecular flexibility index (Phi) is 5.26. The fourth-order valence-corrected chi connectivity index (χ4v) is 5.13. The van der Waals surface area contributed by atoms with Crippen molar-refractivity contribution < 1.29 is 4.79 Å². The van der Waals surface area contributed by atoms with Gasteiger partial charge in [0.15, 0.2) is 0 Å². The summed E-state index contributed by atoms with van der Waals surface area (Å²) in [4.78, 5) is 18.2. The van der Waals surface area contributed by atoms with Gasteiger partial charge >= 0.3 is 0 Å². The molecule has 1 saturated carbocycles. The van der Waals surface area contributed by atoms with E-state index in [0.717, 1.165) is 28.9 Å². The number of para-hydroxylation sites is 1. The molecule has 1 aromatic heterocycles. The lowest BCUT2D eigenvalue weighted by atomic mass is 9.78. The van der Waals surface area contributed by atoms with E-state index in [1.165, 1.54) is 24.0 Å². The van der Waals surface area contributed by atoms with Gasteiger partial charge in [0.1, 0.15) is 0 Å². The van der Waals surface area contributed by atoms with Crippen LogP contribution in [-0.4, -0.2) is 16.9 Å². The average molecular weight is 379 g/mol. The van der Waals surface area contributed by atoms with Crippen molar-refractivity contribution in [2.75, 3.05) is 0 Å². The molecule has 27 heavy (non-hydrogen) atoms. The van der Waals surface area contributed by atoms with E-state index in [9.17, 15) is 4.79 Å². The van der Waals surface area contributed by atoms with Crippen LogP contribution in [0.4, 0.5) is 0 Å². The normalized spacial score (nSPS) is 17.5. The zero-order valence-electron chi connectivity index (χ0n) is 15.8. The molecule has 1 aliphatic carbocycles. The van der Waals surface area contributed by atoms with Crippen LogP contribution in [0.3, 0.4) is 0 Å². The van der Waals surface area contributed by atoms with Crippen molar-refractivity contribution in [1.29, 1.82) is 0 Å². The molecule has 4 rings (SSSR count). The number of hydrogen-bond donors (Lipinski definition) is 1. The minimum absolute atomic E-state index is 0.125. The van der Waals surface area contributed by atoms with Crippen molar-refractivity contribution in [1.82, 2.24) is 10.3 Å². The first kappa shape index (κ1) is 18.2. The van der Waals surface area contributed by atoms with Gasteiger partial charge < -0.3 is 5.32 Å². The number of carbonyl (C=O) groups excluding carboxylic acids is 1. The highest BCUT2D eigenvalue weighted by Gasteiger charge is 2.37. The number of carbonyl (C=O) groups is 1. The summed E-state index contributed by atoms with van der Waals surface area (Å²) < 4.78 is 1.18. The maximum Gasteiger partial charge on any atom is 0.231 e. The van der Waals surface area contributed by atoms with Gasteiger partial charge in [-0.3, -0.25) is 4.79 Å². The molecule has 0 aliphatic heterocycles. The Balaban J connectivity index is 1.64. The summed E-state index contributed by atoms with van der Waals surface area (Å²) in [6.45, 7) is 2.06. The van der Waals surface area contributed by atoms with Gasteiger partial charge in [0.25, 0.3) is 0 Å². The molecule has 4 heteroatoms. The van der Waals surface area contributed by atoms with Crippen LogP contribution in [0.25, 0.3) is 10.2 Å². The van der Waals surface area contributed by atoms with Gasteiger partial charge in [-0.2, -0.15) is 0 Å². The minimum atomic E-state index is -0.618. The van der Waals surface area contributed by atoms with Crippen LogP contribution in [0.1, 0.15) is 49.6 Å². The Morgan fingerprint density at radius 2 is 1.78 bits per heavy atom. The monoisotopic (exact) mass is 378 g/mol. The number of benzene rings is 2. The second-order valence-electron chi connectivity index (χ2n) is 7.76. The predicted molar refractivity (Wildman–Crippen MR) is 112 cm³/mol. The molecule has 1 aliphatic rings. The molecule has 0 bridgehead atoms. The Hall–Kier alpha value is -2.20. The molecular weight excluding hydrogens is 352 g/mol. The van der Waals surface area contributed by atoms with Crippen molar-refractivity contribution in [2.24, 2.45) is 0 Å². The third-order valence-electron chi connectivity index (χ3n) is 5.70. The zero-order chi connectivity index (χ0) is 18.7. The number of nitrogens with one attached hydrogen (secondary N) is 1. The van der Waals surface area contributed by atoms with E-state index in [1.54, 1.807) is 11.3 Å². The summed E-state index contributed by atoms with van der Waals surface area (Å²) in [7, 11) is 0. The van der Waals surface area contributed by atoms with Crippen LogP contribution < -0.4 is 5.32 Å². The Bertz CT molecular complexity index is 881. The van der Waals surface area contributed by atoms with Gasteiger partial charge in [0, 0.05) is 12.5 Å². The standard InChI is InChI=1S/C23H26N2OS/c1-23(17-10-4-2-5-11-17,22(26)24-18-12-6-3-7-13-18)16-21-25-19-14-8-9-15-20(19)27-21/h2,4-5,8-11,14-15,18H,3,6-7,12-13,16H2,1H3,(H,24,26). The van der Waals surface area contributed by atoms with Gasteiger partial charge in [-0.15, -0.1) is 11.3 Å². The molecule has 3 nitrogen and oxygen atoms in total. The fraction of sp³-hybridized carbons (Fsp3) is 0.391. The van der Waals surface area contributed by atoms with Gasteiger partial charge in [0.05, 0.1) is 20.6 Å². The van der Waals surface area contributed by atoms with Crippen molar-refractivity contribution in [3.63, 3.8) is 0 Å². The molecule has 140 valence electrons. The Labute approximate surface area is 164 Å². The first-order chi connectivity index (χ1) is 13.1. The number of rotatable bonds is 5. The lowest BCUT2D eigenvalue weighted by Gasteiger charge is -2.32. The van der Waals surface area contributed by atoms with E-state index in [-0.39, 0.29) is 5.91 Å². The van der Waals surface area contributed by atoms with E-state index < -0.39 is 5.41 Å². The predicted octanol–water partition coefficient (Wildman–Crippen LogP) is 5.25. The quantitative estimate of drug-likeness (QED) is 0.659. The molecule has 0 saturated heterocycles. The van der Waals surface area contributed by atoms with Crippen LogP contribution in [0.15, 0.2) is 54.6 Å². The summed E-state index contributed by atoms with van der Waals surface area (Å²) in [6, 6.07) is 18.6. The van der Waals surface area contributed by atoms with Gasteiger partial charge in [-0.05, 0) is 37.5 Å². The van der Waals surface area contributed by atoms with E-state index in [2.05, 4.69) is 30.4 Å². The SMILES string of the molecule is CC(Cc1nc2ccccc2s1)(C(=O)NC1CCCCC1)c1ccccc1. The lowest BCUT2D eigenvalue weighted by Crippen LogP contribution is -2.48. The Morgan fingerprint density at radius 3 is 2.52 bits per heavy atom. The molecule has 0 spiro atoms. The summed E-state index contributed by atoms with van der Waals surface area (Å²) in [5.74, 6) is 0.125. The van der Waals surface area contributed by atoms with Gasteiger partial charge in [0.2, 0.25) is 5.91 Å². The van der Waals surface area contributed by atoms with Crippen LogP contribution in [0.5, 0.6) is 0 Å². The summed E-state index contributed by atoms with van der Waals surface area (Å²) >= 11 is 1.69. The maximum absolute atomic E-state index is 13.4. The van der Waals surface area contributed by atoms with Crippen molar-refractivity contribution in [2.45, 2.75) is 56.9 Å². The number of hydrogen-bond acceptors (Lipinski definition) is 3. The fourth-order valence-electron chi connectivity index (χ4n) is 4.01. The second-order valence-corrected chi connectivity index (χ2v) is 8.87. The molecule has 1 fully saturated rings. The number of fused-ring (bicyclic) bond motifs is 1. The van der Waals surface area contributed by atoms with Crippen LogP contribution in [0, 0.1) is 0 Å². The highest BCUT2D eigenvalue weighted by atomic mass is 32.1.